The molecule has 3 nitrogen and oxygen atoms in total. The number of carbonyl (C=O) groups excluding carboxylic acids is 1. The first kappa shape index (κ1) is 12.3. The van der Waals surface area contributed by atoms with Crippen molar-refractivity contribution in [2.24, 2.45) is 0 Å². The molecule has 0 saturated heterocycles. The fourth-order valence-corrected chi connectivity index (χ4v) is 2.09. The first-order valence-corrected chi connectivity index (χ1v) is 6.38. The zero-order valence-corrected chi connectivity index (χ0v) is 11.8. The average molecular weight is 356 g/mol. The zero-order valence-electron chi connectivity index (χ0n) is 8.65. The number of halogens is 2. The van der Waals surface area contributed by atoms with Gasteiger partial charge in [-0.2, -0.15) is 0 Å². The summed E-state index contributed by atoms with van der Waals surface area (Å²) in [5.41, 5.74) is 7.04. The van der Waals surface area contributed by atoms with E-state index in [1.165, 1.54) is 0 Å². The third kappa shape index (κ3) is 2.73. The molecule has 17 heavy (non-hydrogen) atoms. The van der Waals surface area contributed by atoms with Crippen molar-refractivity contribution in [3.63, 3.8) is 0 Å². The van der Waals surface area contributed by atoms with Gasteiger partial charge in [0.1, 0.15) is 5.69 Å². The van der Waals surface area contributed by atoms with Crippen LogP contribution in [0.5, 0.6) is 0 Å². The molecule has 0 atom stereocenters. The number of rotatable bonds is 2. The Kier molecular flexibility index (Phi) is 3.59. The van der Waals surface area contributed by atoms with E-state index in [4.69, 9.17) is 5.73 Å². The van der Waals surface area contributed by atoms with Gasteiger partial charge in [0, 0.05) is 26.4 Å². The van der Waals surface area contributed by atoms with E-state index in [0.29, 0.717) is 16.9 Å². The van der Waals surface area contributed by atoms with Gasteiger partial charge in [0.15, 0.2) is 0 Å². The van der Waals surface area contributed by atoms with Crippen LogP contribution < -0.4 is 5.73 Å². The molecule has 0 amide bonds. The molecule has 0 radical (unpaired) electrons. The molecule has 1 aromatic carbocycles. The Bertz CT molecular complexity index is 584. The minimum Gasteiger partial charge on any atom is -0.398 e. The Morgan fingerprint density at radius 3 is 2.53 bits per heavy atom. The zero-order chi connectivity index (χ0) is 12.4. The number of hydrogen-bond acceptors (Lipinski definition) is 3. The van der Waals surface area contributed by atoms with Crippen molar-refractivity contribution in [1.82, 2.24) is 4.98 Å². The molecule has 0 spiro atoms. The Hall–Kier alpha value is -1.20. The van der Waals surface area contributed by atoms with Gasteiger partial charge in [0.05, 0.1) is 0 Å². The van der Waals surface area contributed by atoms with Crippen molar-refractivity contribution in [2.75, 3.05) is 5.73 Å². The van der Waals surface area contributed by atoms with Crippen LogP contribution in [-0.4, -0.2) is 10.8 Å². The predicted octanol–water partition coefficient (Wildman–Crippen LogP) is 3.42. The number of pyridine rings is 1. The van der Waals surface area contributed by atoms with Crippen LogP contribution in [0.15, 0.2) is 45.5 Å². The van der Waals surface area contributed by atoms with E-state index in [-0.39, 0.29) is 5.78 Å². The van der Waals surface area contributed by atoms with E-state index in [9.17, 15) is 4.79 Å². The lowest BCUT2D eigenvalue weighted by Gasteiger charge is -2.05. The molecule has 2 rings (SSSR count). The molecule has 0 fully saturated rings. The maximum Gasteiger partial charge on any atom is 0.213 e. The van der Waals surface area contributed by atoms with Crippen LogP contribution in [0.1, 0.15) is 16.1 Å². The van der Waals surface area contributed by atoms with Crippen LogP contribution in [0.2, 0.25) is 0 Å². The maximum atomic E-state index is 12.2. The number of benzene rings is 1. The Balaban J connectivity index is 2.47. The number of aromatic nitrogens is 1. The number of nitrogen functional groups attached to an aromatic ring is 1. The molecule has 1 aromatic heterocycles. The van der Waals surface area contributed by atoms with Gasteiger partial charge >= 0.3 is 0 Å². The van der Waals surface area contributed by atoms with Crippen LogP contribution in [0.4, 0.5) is 5.69 Å². The van der Waals surface area contributed by atoms with Crippen LogP contribution in [-0.2, 0) is 0 Å². The third-order valence-electron chi connectivity index (χ3n) is 2.21. The molecule has 5 heteroatoms. The van der Waals surface area contributed by atoms with Crippen molar-refractivity contribution in [3.8, 4) is 0 Å². The van der Waals surface area contributed by atoms with E-state index in [1.54, 1.807) is 36.5 Å². The lowest BCUT2D eigenvalue weighted by Crippen LogP contribution is -2.07. The topological polar surface area (TPSA) is 56.0 Å². The molecular weight excluding hydrogens is 348 g/mol. The Morgan fingerprint density at radius 1 is 1.12 bits per heavy atom. The Labute approximate surface area is 115 Å². The SMILES string of the molecule is Nc1ccc(Br)cc1C(=O)c1cc(Br)ccn1. The number of anilines is 1. The molecule has 0 bridgehead atoms. The minimum atomic E-state index is -0.190. The summed E-state index contributed by atoms with van der Waals surface area (Å²) in [7, 11) is 0. The van der Waals surface area contributed by atoms with E-state index in [1.807, 2.05) is 0 Å². The largest absolute Gasteiger partial charge is 0.398 e. The number of nitrogens with two attached hydrogens (primary N) is 1. The molecular formula is C12H8Br2N2O. The summed E-state index contributed by atoms with van der Waals surface area (Å²) in [6.45, 7) is 0. The van der Waals surface area contributed by atoms with E-state index in [2.05, 4.69) is 36.8 Å². The second-order valence-electron chi connectivity index (χ2n) is 3.42. The van der Waals surface area contributed by atoms with Crippen LogP contribution in [0.25, 0.3) is 0 Å². The summed E-state index contributed by atoms with van der Waals surface area (Å²) >= 11 is 6.62. The Morgan fingerprint density at radius 2 is 1.82 bits per heavy atom. The highest BCUT2D eigenvalue weighted by Crippen LogP contribution is 2.21. The summed E-state index contributed by atoms with van der Waals surface area (Å²) in [4.78, 5) is 16.2. The predicted molar refractivity (Wildman–Crippen MR) is 73.9 cm³/mol. The molecule has 0 aliphatic rings. The molecule has 0 saturated carbocycles. The van der Waals surface area contributed by atoms with Crippen LogP contribution >= 0.6 is 31.9 Å². The van der Waals surface area contributed by atoms with Gasteiger partial charge in [-0.05, 0) is 30.3 Å². The van der Waals surface area contributed by atoms with E-state index < -0.39 is 0 Å². The molecule has 0 aliphatic heterocycles. The number of ketones is 1. The fraction of sp³-hybridized carbons (Fsp3) is 0. The van der Waals surface area contributed by atoms with Crippen molar-refractivity contribution < 1.29 is 4.79 Å². The van der Waals surface area contributed by atoms with Crippen LogP contribution in [0.3, 0.4) is 0 Å². The number of carbonyl (C=O) groups is 1. The summed E-state index contributed by atoms with van der Waals surface area (Å²) in [5, 5.41) is 0. The summed E-state index contributed by atoms with van der Waals surface area (Å²) in [6, 6.07) is 8.61. The van der Waals surface area contributed by atoms with E-state index >= 15 is 0 Å². The minimum absolute atomic E-state index is 0.190. The number of nitrogens with zero attached hydrogens (tertiary/aromatic N) is 1. The van der Waals surface area contributed by atoms with Crippen molar-refractivity contribution >= 4 is 43.3 Å². The van der Waals surface area contributed by atoms with Crippen molar-refractivity contribution in [3.05, 3.63) is 56.7 Å². The lowest BCUT2D eigenvalue weighted by molar-refractivity contribution is 0.103. The second kappa shape index (κ2) is 4.98. The summed E-state index contributed by atoms with van der Waals surface area (Å²) < 4.78 is 1.62. The third-order valence-corrected chi connectivity index (χ3v) is 3.20. The molecule has 0 unspecified atom stereocenters. The van der Waals surface area contributed by atoms with Gasteiger partial charge in [0.2, 0.25) is 5.78 Å². The van der Waals surface area contributed by atoms with Gasteiger partial charge in [-0.25, -0.2) is 0 Å². The average Bonchev–Trinajstić information content (AvgIpc) is 2.31. The maximum absolute atomic E-state index is 12.2. The summed E-state index contributed by atoms with van der Waals surface area (Å²) in [6.07, 6.45) is 1.57. The lowest BCUT2D eigenvalue weighted by atomic mass is 10.1. The van der Waals surface area contributed by atoms with Gasteiger partial charge in [-0.3, -0.25) is 9.78 Å². The highest BCUT2D eigenvalue weighted by molar-refractivity contribution is 9.10. The van der Waals surface area contributed by atoms with Crippen LogP contribution in [0, 0.1) is 0 Å². The smallest absolute Gasteiger partial charge is 0.213 e. The highest BCUT2D eigenvalue weighted by atomic mass is 79.9. The fourth-order valence-electron chi connectivity index (χ4n) is 1.39. The van der Waals surface area contributed by atoms with Crippen molar-refractivity contribution in [2.45, 2.75) is 0 Å². The van der Waals surface area contributed by atoms with Gasteiger partial charge in [-0.1, -0.05) is 31.9 Å². The van der Waals surface area contributed by atoms with E-state index in [0.717, 1.165) is 8.95 Å². The first-order valence-electron chi connectivity index (χ1n) is 4.79. The second-order valence-corrected chi connectivity index (χ2v) is 5.25. The number of hydrogen-bond donors (Lipinski definition) is 1. The standard InChI is InChI=1S/C12H8Br2N2O/c13-7-1-2-10(15)9(5-7)12(17)11-6-8(14)3-4-16-11/h1-6H,15H2. The quantitative estimate of drug-likeness (QED) is 0.663. The highest BCUT2D eigenvalue weighted by Gasteiger charge is 2.14. The molecule has 1 heterocycles. The van der Waals surface area contributed by atoms with Gasteiger partial charge in [-0.15, -0.1) is 0 Å². The van der Waals surface area contributed by atoms with Gasteiger partial charge < -0.3 is 5.73 Å². The normalized spacial score (nSPS) is 10.2. The molecule has 2 aromatic rings. The van der Waals surface area contributed by atoms with Crippen molar-refractivity contribution in [1.29, 1.82) is 0 Å². The molecule has 86 valence electrons. The molecule has 0 aliphatic carbocycles. The summed E-state index contributed by atoms with van der Waals surface area (Å²) in [5.74, 6) is -0.190. The monoisotopic (exact) mass is 354 g/mol. The van der Waals surface area contributed by atoms with Gasteiger partial charge in [0.25, 0.3) is 0 Å². The molecule has 2 N–H and O–H groups in total. The first-order chi connectivity index (χ1) is 8.08.